The van der Waals surface area contributed by atoms with E-state index >= 15 is 0 Å². The van der Waals surface area contributed by atoms with Gasteiger partial charge in [0.15, 0.2) is 5.78 Å². The van der Waals surface area contributed by atoms with Crippen LogP contribution in [0, 0.1) is 0 Å². The number of carbonyl (C=O) groups excluding carboxylic acids is 2. The number of hydrogen-bond donors (Lipinski definition) is 0. The van der Waals surface area contributed by atoms with E-state index in [1.54, 1.807) is 31.2 Å². The number of benzene rings is 1. The van der Waals surface area contributed by atoms with E-state index in [0.717, 1.165) is 5.56 Å². The zero-order chi connectivity index (χ0) is 12.1. The van der Waals surface area contributed by atoms with E-state index in [9.17, 15) is 9.59 Å². The summed E-state index contributed by atoms with van der Waals surface area (Å²) in [4.78, 5) is 22.3. The molecule has 0 aliphatic heterocycles. The number of ether oxygens (including phenoxy) is 1. The quantitative estimate of drug-likeness (QED) is 0.443. The second kappa shape index (κ2) is 5.26. The highest BCUT2D eigenvalue weighted by atomic mass is 16.5. The van der Waals surface area contributed by atoms with Crippen LogP contribution in [0.25, 0.3) is 0 Å². The molecule has 1 rings (SSSR count). The summed E-state index contributed by atoms with van der Waals surface area (Å²) in [5, 5.41) is 0. The van der Waals surface area contributed by atoms with E-state index in [0.29, 0.717) is 11.3 Å². The van der Waals surface area contributed by atoms with Gasteiger partial charge < -0.3 is 4.74 Å². The second-order valence-corrected chi connectivity index (χ2v) is 3.61. The first-order chi connectivity index (χ1) is 7.49. The Bertz CT molecular complexity index is 415. The molecule has 84 valence electrons. The Kier molecular flexibility index (Phi) is 4.00. The van der Waals surface area contributed by atoms with Crippen molar-refractivity contribution in [2.75, 3.05) is 0 Å². The van der Waals surface area contributed by atoms with Crippen LogP contribution in [0.4, 0.5) is 0 Å². The van der Waals surface area contributed by atoms with Crippen molar-refractivity contribution in [2.24, 2.45) is 0 Å². The number of ketones is 1. The van der Waals surface area contributed by atoms with Gasteiger partial charge in [-0.25, -0.2) is 0 Å². The molecule has 0 unspecified atom stereocenters. The number of Topliss-reactive ketones (excluding diaryl/α,β-unsaturated/α-hetero) is 1. The Morgan fingerprint density at radius 1 is 1.19 bits per heavy atom. The molecule has 0 radical (unpaired) electrons. The number of hydrogen-bond acceptors (Lipinski definition) is 3. The molecule has 0 amide bonds. The summed E-state index contributed by atoms with van der Waals surface area (Å²) in [6, 6.07) is 6.89. The topological polar surface area (TPSA) is 43.4 Å². The minimum atomic E-state index is -0.344. The molecule has 1 aromatic carbocycles. The van der Waals surface area contributed by atoms with Crippen molar-refractivity contribution >= 4 is 11.8 Å². The number of rotatable bonds is 4. The molecule has 16 heavy (non-hydrogen) atoms. The van der Waals surface area contributed by atoms with Crippen LogP contribution in [0.3, 0.4) is 0 Å². The Hall–Kier alpha value is -1.90. The average molecular weight is 218 g/mol. The molecule has 0 atom stereocenters. The van der Waals surface area contributed by atoms with Gasteiger partial charge in [-0.05, 0) is 19.4 Å². The van der Waals surface area contributed by atoms with Crippen LogP contribution < -0.4 is 0 Å². The average Bonchev–Trinajstić information content (AvgIpc) is 2.16. The fraction of sp³-hybridized carbons (Fsp3) is 0.231. The molecule has 3 nitrogen and oxygen atoms in total. The summed E-state index contributed by atoms with van der Waals surface area (Å²) in [5.74, 6) is 0.0458. The third-order valence-corrected chi connectivity index (χ3v) is 2.00. The van der Waals surface area contributed by atoms with Crippen LogP contribution >= 0.6 is 0 Å². The highest BCUT2D eigenvalue weighted by Gasteiger charge is 2.06. The van der Waals surface area contributed by atoms with Crippen LogP contribution in [-0.4, -0.2) is 11.8 Å². The van der Waals surface area contributed by atoms with Crippen LogP contribution in [0.15, 0.2) is 36.6 Å². The molecular formula is C13H14O3. The van der Waals surface area contributed by atoms with Gasteiger partial charge in [-0.3, -0.25) is 9.59 Å². The first-order valence-corrected chi connectivity index (χ1v) is 4.95. The number of carbonyl (C=O) groups is 2. The first-order valence-electron chi connectivity index (χ1n) is 4.95. The van der Waals surface area contributed by atoms with Crippen molar-refractivity contribution in [3.05, 3.63) is 47.7 Å². The van der Waals surface area contributed by atoms with Crippen molar-refractivity contribution in [1.29, 1.82) is 0 Å². The van der Waals surface area contributed by atoms with E-state index in [1.165, 1.54) is 6.92 Å². The van der Waals surface area contributed by atoms with Gasteiger partial charge >= 0.3 is 5.97 Å². The van der Waals surface area contributed by atoms with Crippen molar-refractivity contribution < 1.29 is 14.3 Å². The van der Waals surface area contributed by atoms with Crippen LogP contribution in [0.2, 0.25) is 0 Å². The smallest absolute Gasteiger partial charge is 0.315 e. The molecular weight excluding hydrogens is 204 g/mol. The molecule has 0 saturated carbocycles. The minimum absolute atomic E-state index is 0.0102. The lowest BCUT2D eigenvalue weighted by Gasteiger charge is -2.03. The largest absolute Gasteiger partial charge is 0.432 e. The molecule has 0 heterocycles. The second-order valence-electron chi connectivity index (χ2n) is 3.61. The molecule has 0 fully saturated rings. The third-order valence-electron chi connectivity index (χ3n) is 2.00. The maximum Gasteiger partial charge on any atom is 0.315 e. The maximum atomic E-state index is 11.3. The van der Waals surface area contributed by atoms with Crippen molar-refractivity contribution in [3.8, 4) is 0 Å². The van der Waals surface area contributed by atoms with Crippen LogP contribution in [-0.2, 0) is 16.0 Å². The number of esters is 1. The molecule has 0 aliphatic carbocycles. The number of allylic oxidation sites excluding steroid dienone is 1. The zero-order valence-electron chi connectivity index (χ0n) is 9.45. The summed E-state index contributed by atoms with van der Waals surface area (Å²) in [5.41, 5.74) is 1.45. The van der Waals surface area contributed by atoms with Gasteiger partial charge in [-0.1, -0.05) is 30.8 Å². The minimum Gasteiger partial charge on any atom is -0.432 e. The van der Waals surface area contributed by atoms with Crippen LogP contribution in [0.5, 0.6) is 0 Å². The van der Waals surface area contributed by atoms with Gasteiger partial charge in [0.25, 0.3) is 0 Å². The Morgan fingerprint density at radius 3 is 2.19 bits per heavy atom. The van der Waals surface area contributed by atoms with E-state index < -0.39 is 0 Å². The third kappa shape index (κ3) is 3.69. The van der Waals surface area contributed by atoms with Gasteiger partial charge in [0.05, 0.1) is 12.2 Å². The summed E-state index contributed by atoms with van der Waals surface area (Å²) in [6.07, 6.45) is 0.186. The zero-order valence-corrected chi connectivity index (χ0v) is 9.45. The van der Waals surface area contributed by atoms with E-state index in [1.807, 2.05) is 0 Å². The SMILES string of the molecule is C=C(C)OC(=O)Cc1ccc(C(C)=O)cc1. The highest BCUT2D eigenvalue weighted by Crippen LogP contribution is 2.07. The molecule has 0 N–H and O–H groups in total. The van der Waals surface area contributed by atoms with Gasteiger partial charge in [-0.15, -0.1) is 0 Å². The predicted molar refractivity (Wildman–Crippen MR) is 61.1 cm³/mol. The molecule has 0 spiro atoms. The molecule has 1 aromatic rings. The summed E-state index contributed by atoms with van der Waals surface area (Å²) in [6.45, 7) is 6.61. The van der Waals surface area contributed by atoms with Gasteiger partial charge in [0, 0.05) is 5.56 Å². The summed E-state index contributed by atoms with van der Waals surface area (Å²) >= 11 is 0. The summed E-state index contributed by atoms with van der Waals surface area (Å²) < 4.78 is 4.83. The molecule has 0 aromatic heterocycles. The summed E-state index contributed by atoms with van der Waals surface area (Å²) in [7, 11) is 0. The monoisotopic (exact) mass is 218 g/mol. The highest BCUT2D eigenvalue weighted by molar-refractivity contribution is 5.94. The van der Waals surface area contributed by atoms with Gasteiger partial charge in [-0.2, -0.15) is 0 Å². The molecule has 0 bridgehead atoms. The normalized spacial score (nSPS) is 9.62. The standard InChI is InChI=1S/C13H14O3/c1-9(2)16-13(15)8-11-4-6-12(7-5-11)10(3)14/h4-7H,1,8H2,2-3H3. The lowest BCUT2D eigenvalue weighted by Crippen LogP contribution is -2.06. The van der Waals surface area contributed by atoms with Crippen molar-refractivity contribution in [2.45, 2.75) is 20.3 Å². The van der Waals surface area contributed by atoms with E-state index in [2.05, 4.69) is 6.58 Å². The Labute approximate surface area is 94.7 Å². The van der Waals surface area contributed by atoms with Crippen molar-refractivity contribution in [3.63, 3.8) is 0 Å². The maximum absolute atomic E-state index is 11.3. The lowest BCUT2D eigenvalue weighted by molar-refractivity contribution is -0.138. The molecule has 0 aliphatic rings. The van der Waals surface area contributed by atoms with Crippen molar-refractivity contribution in [1.82, 2.24) is 0 Å². The fourth-order valence-corrected chi connectivity index (χ4v) is 1.25. The van der Waals surface area contributed by atoms with E-state index in [-0.39, 0.29) is 18.2 Å². The molecule has 0 saturated heterocycles. The van der Waals surface area contributed by atoms with Gasteiger partial charge in [0.1, 0.15) is 0 Å². The van der Waals surface area contributed by atoms with Gasteiger partial charge in [0.2, 0.25) is 0 Å². The fourth-order valence-electron chi connectivity index (χ4n) is 1.25. The first kappa shape index (κ1) is 12.2. The lowest BCUT2D eigenvalue weighted by atomic mass is 10.1. The Morgan fingerprint density at radius 2 is 1.75 bits per heavy atom. The van der Waals surface area contributed by atoms with Crippen LogP contribution in [0.1, 0.15) is 29.8 Å². The van der Waals surface area contributed by atoms with E-state index in [4.69, 9.17) is 4.74 Å². The predicted octanol–water partition coefficient (Wildman–Crippen LogP) is 2.51. The molecule has 3 heteroatoms. The Balaban J connectivity index is 2.65.